The maximum absolute atomic E-state index is 4.27. The number of aromatic nitrogens is 2. The third-order valence-corrected chi connectivity index (χ3v) is 1.75. The van der Waals surface area contributed by atoms with Gasteiger partial charge in [-0.3, -0.25) is 9.97 Å². The summed E-state index contributed by atoms with van der Waals surface area (Å²) in [6, 6.07) is 0.295. The first-order valence-electron chi connectivity index (χ1n) is 4.26. The van der Waals surface area contributed by atoms with Crippen molar-refractivity contribution in [1.82, 2.24) is 15.3 Å². The molecular weight excluding hydrogens is 150 g/mol. The van der Waals surface area contributed by atoms with Crippen LogP contribution in [-0.4, -0.2) is 16.5 Å². The van der Waals surface area contributed by atoms with E-state index in [0.717, 1.165) is 17.9 Å². The highest BCUT2D eigenvalue weighted by Gasteiger charge is 2.03. The molecule has 3 heteroatoms. The largest absolute Gasteiger partial charge is 0.309 e. The fourth-order valence-corrected chi connectivity index (χ4v) is 1.04. The number of nitrogens with zero attached hydrogens (tertiary/aromatic N) is 2. The summed E-state index contributed by atoms with van der Waals surface area (Å²) in [5.74, 6) is 0. The van der Waals surface area contributed by atoms with E-state index in [2.05, 4.69) is 29.1 Å². The van der Waals surface area contributed by atoms with Crippen LogP contribution in [0.15, 0.2) is 12.4 Å². The van der Waals surface area contributed by atoms with Gasteiger partial charge in [0.1, 0.15) is 0 Å². The molecule has 1 aromatic heterocycles. The maximum atomic E-state index is 4.27. The zero-order valence-electron chi connectivity index (χ0n) is 7.83. The van der Waals surface area contributed by atoms with E-state index in [1.165, 1.54) is 0 Å². The molecule has 3 nitrogen and oxygen atoms in total. The van der Waals surface area contributed by atoms with Gasteiger partial charge in [-0.05, 0) is 20.4 Å². The lowest BCUT2D eigenvalue weighted by molar-refractivity contribution is 0.580. The van der Waals surface area contributed by atoms with Crippen molar-refractivity contribution in [3.8, 4) is 0 Å². The predicted octanol–water partition coefficient (Wildman–Crippen LogP) is 1.46. The van der Waals surface area contributed by atoms with Crippen LogP contribution in [0.5, 0.6) is 0 Å². The van der Waals surface area contributed by atoms with Gasteiger partial charge in [-0.1, -0.05) is 6.92 Å². The van der Waals surface area contributed by atoms with Crippen molar-refractivity contribution in [2.24, 2.45) is 0 Å². The van der Waals surface area contributed by atoms with Gasteiger partial charge in [0.25, 0.3) is 0 Å². The summed E-state index contributed by atoms with van der Waals surface area (Å²) < 4.78 is 0. The molecule has 0 bridgehead atoms. The molecule has 0 fully saturated rings. The van der Waals surface area contributed by atoms with Crippen molar-refractivity contribution in [2.45, 2.75) is 26.8 Å². The monoisotopic (exact) mass is 165 g/mol. The molecule has 0 spiro atoms. The minimum absolute atomic E-state index is 0.295. The second-order valence-corrected chi connectivity index (χ2v) is 2.86. The summed E-state index contributed by atoms with van der Waals surface area (Å²) in [6.07, 6.45) is 3.62. The van der Waals surface area contributed by atoms with Gasteiger partial charge in [0, 0.05) is 12.2 Å². The van der Waals surface area contributed by atoms with E-state index in [-0.39, 0.29) is 0 Å². The highest BCUT2D eigenvalue weighted by atomic mass is 14.9. The quantitative estimate of drug-likeness (QED) is 0.736. The number of hydrogen-bond acceptors (Lipinski definition) is 3. The minimum atomic E-state index is 0.295. The van der Waals surface area contributed by atoms with Crippen molar-refractivity contribution in [3.05, 3.63) is 23.8 Å². The summed E-state index contributed by atoms with van der Waals surface area (Å²) >= 11 is 0. The SMILES string of the molecule is CCN[C@H](C)c1cnc(C)cn1. The fraction of sp³-hybridized carbons (Fsp3) is 0.556. The highest BCUT2D eigenvalue weighted by Crippen LogP contribution is 2.06. The molecule has 66 valence electrons. The summed E-state index contributed by atoms with van der Waals surface area (Å²) in [6.45, 7) is 7.06. The molecule has 1 rings (SSSR count). The second-order valence-electron chi connectivity index (χ2n) is 2.86. The molecule has 0 aliphatic carbocycles. The lowest BCUT2D eigenvalue weighted by atomic mass is 10.2. The Balaban J connectivity index is 2.68. The number of aryl methyl sites for hydroxylation is 1. The Bertz CT molecular complexity index is 230. The average molecular weight is 165 g/mol. The number of hydrogen-bond donors (Lipinski definition) is 1. The molecular formula is C9H15N3. The molecule has 1 heterocycles. The third kappa shape index (κ3) is 2.27. The molecule has 12 heavy (non-hydrogen) atoms. The average Bonchev–Trinajstić information content (AvgIpc) is 2.06. The van der Waals surface area contributed by atoms with Crippen LogP contribution in [0.2, 0.25) is 0 Å². The molecule has 0 amide bonds. The van der Waals surface area contributed by atoms with E-state index in [1.54, 1.807) is 6.20 Å². The Labute approximate surface area is 73.2 Å². The summed E-state index contributed by atoms with van der Waals surface area (Å²) in [7, 11) is 0. The molecule has 0 saturated carbocycles. The molecule has 0 saturated heterocycles. The van der Waals surface area contributed by atoms with Crippen molar-refractivity contribution in [3.63, 3.8) is 0 Å². The number of rotatable bonds is 3. The molecule has 0 unspecified atom stereocenters. The molecule has 1 N–H and O–H groups in total. The van der Waals surface area contributed by atoms with Gasteiger partial charge in [0.15, 0.2) is 0 Å². The Morgan fingerprint density at radius 2 is 2.17 bits per heavy atom. The van der Waals surface area contributed by atoms with Crippen LogP contribution in [0.1, 0.15) is 31.3 Å². The minimum Gasteiger partial charge on any atom is -0.309 e. The van der Waals surface area contributed by atoms with Crippen LogP contribution >= 0.6 is 0 Å². The van der Waals surface area contributed by atoms with Gasteiger partial charge in [0.05, 0.1) is 17.6 Å². The van der Waals surface area contributed by atoms with Crippen molar-refractivity contribution >= 4 is 0 Å². The molecule has 0 aromatic carbocycles. The van der Waals surface area contributed by atoms with Crippen LogP contribution in [0, 0.1) is 6.92 Å². The molecule has 0 aliphatic rings. The van der Waals surface area contributed by atoms with Gasteiger partial charge in [-0.15, -0.1) is 0 Å². The summed E-state index contributed by atoms with van der Waals surface area (Å²) in [5.41, 5.74) is 1.96. The smallest absolute Gasteiger partial charge is 0.0753 e. The van der Waals surface area contributed by atoms with Crippen molar-refractivity contribution in [2.75, 3.05) is 6.54 Å². The van der Waals surface area contributed by atoms with E-state index in [0.29, 0.717) is 6.04 Å². The summed E-state index contributed by atoms with van der Waals surface area (Å²) in [5, 5.41) is 3.28. The van der Waals surface area contributed by atoms with Crippen molar-refractivity contribution in [1.29, 1.82) is 0 Å². The van der Waals surface area contributed by atoms with Crippen molar-refractivity contribution < 1.29 is 0 Å². The van der Waals surface area contributed by atoms with E-state index >= 15 is 0 Å². The van der Waals surface area contributed by atoms with Gasteiger partial charge in [-0.2, -0.15) is 0 Å². The zero-order chi connectivity index (χ0) is 8.97. The normalized spacial score (nSPS) is 12.9. The summed E-state index contributed by atoms with van der Waals surface area (Å²) in [4.78, 5) is 8.45. The van der Waals surface area contributed by atoms with Crippen LogP contribution < -0.4 is 5.32 Å². The standard InChI is InChI=1S/C9H15N3/c1-4-10-8(3)9-6-11-7(2)5-12-9/h5-6,8,10H,4H2,1-3H3/t8-/m1/s1. The maximum Gasteiger partial charge on any atom is 0.0753 e. The third-order valence-electron chi connectivity index (χ3n) is 1.75. The Morgan fingerprint density at radius 1 is 1.42 bits per heavy atom. The first-order chi connectivity index (χ1) is 5.74. The topological polar surface area (TPSA) is 37.8 Å². The van der Waals surface area contributed by atoms with E-state index in [9.17, 15) is 0 Å². The van der Waals surface area contributed by atoms with E-state index in [4.69, 9.17) is 0 Å². The first-order valence-corrected chi connectivity index (χ1v) is 4.26. The molecule has 0 aliphatic heterocycles. The second kappa shape index (κ2) is 4.16. The zero-order valence-corrected chi connectivity index (χ0v) is 7.83. The lowest BCUT2D eigenvalue weighted by Gasteiger charge is -2.10. The van der Waals surface area contributed by atoms with E-state index < -0.39 is 0 Å². The van der Waals surface area contributed by atoms with Crippen LogP contribution in [0.3, 0.4) is 0 Å². The van der Waals surface area contributed by atoms with Gasteiger partial charge < -0.3 is 5.32 Å². The highest BCUT2D eigenvalue weighted by molar-refractivity contribution is 5.04. The molecule has 1 atom stereocenters. The Hall–Kier alpha value is -0.960. The van der Waals surface area contributed by atoms with Gasteiger partial charge in [0.2, 0.25) is 0 Å². The van der Waals surface area contributed by atoms with Gasteiger partial charge >= 0.3 is 0 Å². The van der Waals surface area contributed by atoms with Crippen LogP contribution in [0.4, 0.5) is 0 Å². The van der Waals surface area contributed by atoms with Gasteiger partial charge in [-0.25, -0.2) is 0 Å². The number of nitrogens with one attached hydrogen (secondary N) is 1. The predicted molar refractivity (Wildman–Crippen MR) is 48.9 cm³/mol. The Kier molecular flexibility index (Phi) is 3.17. The molecule has 1 aromatic rings. The van der Waals surface area contributed by atoms with E-state index in [1.807, 2.05) is 13.1 Å². The van der Waals surface area contributed by atoms with Crippen LogP contribution in [0.25, 0.3) is 0 Å². The molecule has 0 radical (unpaired) electrons. The first kappa shape index (κ1) is 9.13. The Morgan fingerprint density at radius 3 is 2.67 bits per heavy atom. The lowest BCUT2D eigenvalue weighted by Crippen LogP contribution is -2.18. The fourth-order valence-electron chi connectivity index (χ4n) is 1.04. The van der Waals surface area contributed by atoms with Crippen LogP contribution in [-0.2, 0) is 0 Å².